The monoisotopic (exact) mass is 407 g/mol. The summed E-state index contributed by atoms with van der Waals surface area (Å²) in [5.74, 6) is -0.447. The summed E-state index contributed by atoms with van der Waals surface area (Å²) in [5, 5.41) is 9.54. The summed E-state index contributed by atoms with van der Waals surface area (Å²) in [7, 11) is 0. The van der Waals surface area contributed by atoms with Gasteiger partial charge in [-0.15, -0.1) is 0 Å². The minimum absolute atomic E-state index is 0.0528. The number of anilines is 2. The van der Waals surface area contributed by atoms with Crippen LogP contribution in [0.1, 0.15) is 37.6 Å². The van der Waals surface area contributed by atoms with Crippen LogP contribution in [0.25, 0.3) is 0 Å². The Bertz CT molecular complexity index is 838. The zero-order chi connectivity index (χ0) is 20.0. The van der Waals surface area contributed by atoms with Crippen molar-refractivity contribution in [2.24, 2.45) is 0 Å². The molecule has 0 aliphatic rings. The van der Waals surface area contributed by atoms with Gasteiger partial charge in [0.25, 0.3) is 5.91 Å². The van der Waals surface area contributed by atoms with Gasteiger partial charge < -0.3 is 16.0 Å². The van der Waals surface area contributed by atoms with Gasteiger partial charge in [-0.25, -0.2) is 0 Å². The summed E-state index contributed by atoms with van der Waals surface area (Å²) in [6, 6.07) is 11.9. The highest BCUT2D eigenvalue weighted by atomic mass is 35.5. The number of hydrogen-bond acceptors (Lipinski definition) is 3. The Labute approximate surface area is 169 Å². The Kier molecular flexibility index (Phi) is 7.11. The average Bonchev–Trinajstić information content (AvgIpc) is 2.59. The van der Waals surface area contributed by atoms with E-state index in [0.717, 1.165) is 6.42 Å². The van der Waals surface area contributed by atoms with Gasteiger partial charge in [0.2, 0.25) is 5.91 Å². The molecule has 0 aliphatic carbocycles. The summed E-state index contributed by atoms with van der Waals surface area (Å²) in [5.41, 5.74) is 1.35. The van der Waals surface area contributed by atoms with Crippen LogP contribution in [0.5, 0.6) is 0 Å². The first kappa shape index (κ1) is 21.1. The molecule has 144 valence electrons. The van der Waals surface area contributed by atoms with E-state index in [4.69, 9.17) is 23.2 Å². The van der Waals surface area contributed by atoms with E-state index in [9.17, 15) is 9.59 Å². The molecule has 3 N–H and O–H groups in total. The molecule has 5 nitrogen and oxygen atoms in total. The molecular formula is C20H23Cl2N3O2. The molecule has 0 saturated heterocycles. The summed E-state index contributed by atoms with van der Waals surface area (Å²) < 4.78 is 0. The summed E-state index contributed by atoms with van der Waals surface area (Å²) in [6.07, 6.45) is 0.803. The molecule has 0 saturated carbocycles. The highest BCUT2D eigenvalue weighted by Crippen LogP contribution is 2.22. The Hall–Kier alpha value is -2.24. The van der Waals surface area contributed by atoms with Crippen molar-refractivity contribution in [3.05, 3.63) is 58.1 Å². The third kappa shape index (κ3) is 6.45. The quantitative estimate of drug-likeness (QED) is 0.606. The maximum Gasteiger partial charge on any atom is 0.253 e. The van der Waals surface area contributed by atoms with E-state index >= 15 is 0 Å². The molecule has 0 fully saturated rings. The van der Waals surface area contributed by atoms with E-state index < -0.39 is 0 Å². The number of benzene rings is 2. The number of nitrogens with one attached hydrogen (secondary N) is 3. The van der Waals surface area contributed by atoms with Gasteiger partial charge in [-0.2, -0.15) is 0 Å². The van der Waals surface area contributed by atoms with Crippen molar-refractivity contribution in [3.63, 3.8) is 0 Å². The smallest absolute Gasteiger partial charge is 0.253 e. The van der Waals surface area contributed by atoms with Crippen molar-refractivity contribution in [1.29, 1.82) is 0 Å². The van der Waals surface area contributed by atoms with Gasteiger partial charge in [-0.05, 0) is 56.7 Å². The van der Waals surface area contributed by atoms with Crippen LogP contribution < -0.4 is 16.0 Å². The van der Waals surface area contributed by atoms with E-state index in [1.165, 1.54) is 0 Å². The van der Waals surface area contributed by atoms with Crippen LogP contribution in [-0.2, 0) is 4.79 Å². The van der Waals surface area contributed by atoms with Gasteiger partial charge >= 0.3 is 0 Å². The Morgan fingerprint density at radius 3 is 2.41 bits per heavy atom. The van der Waals surface area contributed by atoms with E-state index in [1.54, 1.807) is 42.5 Å². The summed E-state index contributed by atoms with van der Waals surface area (Å²) in [6.45, 7) is 5.96. The highest BCUT2D eigenvalue weighted by Gasteiger charge is 2.20. The van der Waals surface area contributed by atoms with Crippen molar-refractivity contribution < 1.29 is 9.59 Å². The first-order valence-electron chi connectivity index (χ1n) is 8.61. The zero-order valence-electron chi connectivity index (χ0n) is 15.5. The molecule has 2 aromatic rings. The van der Waals surface area contributed by atoms with Crippen LogP contribution in [0.15, 0.2) is 42.5 Å². The average molecular weight is 408 g/mol. The normalized spacial score (nSPS) is 11.0. The molecule has 0 spiro atoms. The maximum absolute atomic E-state index is 12.4. The van der Waals surface area contributed by atoms with Gasteiger partial charge in [0.15, 0.2) is 0 Å². The minimum atomic E-state index is -0.310. The lowest BCUT2D eigenvalue weighted by Gasteiger charge is -2.24. The van der Waals surface area contributed by atoms with Crippen molar-refractivity contribution in [3.8, 4) is 0 Å². The molecule has 0 aliphatic heterocycles. The van der Waals surface area contributed by atoms with E-state index in [1.807, 2.05) is 20.8 Å². The van der Waals surface area contributed by atoms with Crippen LogP contribution in [-0.4, -0.2) is 23.9 Å². The fourth-order valence-corrected chi connectivity index (χ4v) is 2.68. The van der Waals surface area contributed by atoms with Crippen LogP contribution in [0.2, 0.25) is 10.0 Å². The SMILES string of the molecule is CCC(C)(C)NC(=O)c1ccc(NCC(=O)Nc2cccc(Cl)c2)cc1Cl. The van der Waals surface area contributed by atoms with Crippen LogP contribution >= 0.6 is 23.2 Å². The molecule has 0 bridgehead atoms. The number of amides is 2. The van der Waals surface area contributed by atoms with Crippen LogP contribution in [0, 0.1) is 0 Å². The molecule has 27 heavy (non-hydrogen) atoms. The third-order valence-corrected chi connectivity index (χ3v) is 4.66. The fraction of sp³-hybridized carbons (Fsp3) is 0.300. The first-order valence-corrected chi connectivity index (χ1v) is 9.37. The van der Waals surface area contributed by atoms with Gasteiger partial charge in [-0.1, -0.05) is 36.2 Å². The third-order valence-electron chi connectivity index (χ3n) is 4.11. The molecule has 0 heterocycles. The lowest BCUT2D eigenvalue weighted by atomic mass is 10.0. The molecule has 0 aromatic heterocycles. The van der Waals surface area contributed by atoms with Gasteiger partial charge in [0.05, 0.1) is 17.1 Å². The number of rotatable bonds is 7. The number of carbonyl (C=O) groups excluding carboxylic acids is 2. The van der Waals surface area contributed by atoms with Gasteiger partial charge in [-0.3, -0.25) is 9.59 Å². The second kappa shape index (κ2) is 9.11. The molecule has 2 rings (SSSR count). The standard InChI is InChI=1S/C20H23Cl2N3O2/c1-4-20(2,3)25-19(27)16-9-8-14(11-17(16)22)23-12-18(26)24-15-7-5-6-13(21)10-15/h5-11,23H,4,12H2,1-3H3,(H,24,26)(H,25,27). The topological polar surface area (TPSA) is 70.2 Å². The fourth-order valence-electron chi connectivity index (χ4n) is 2.23. The zero-order valence-corrected chi connectivity index (χ0v) is 17.0. The van der Waals surface area contributed by atoms with Gasteiger partial charge in [0, 0.05) is 21.9 Å². The van der Waals surface area contributed by atoms with Crippen LogP contribution in [0.3, 0.4) is 0 Å². The largest absolute Gasteiger partial charge is 0.376 e. The lowest BCUT2D eigenvalue weighted by molar-refractivity contribution is -0.114. The molecule has 0 unspecified atom stereocenters. The molecule has 2 aromatic carbocycles. The number of hydrogen-bond donors (Lipinski definition) is 3. The molecule has 0 radical (unpaired) electrons. The molecule has 2 amide bonds. The maximum atomic E-state index is 12.4. The predicted octanol–water partition coefficient (Wildman–Crippen LogP) is 4.96. The first-order chi connectivity index (χ1) is 12.7. The molecular weight excluding hydrogens is 385 g/mol. The summed E-state index contributed by atoms with van der Waals surface area (Å²) >= 11 is 12.1. The predicted molar refractivity (Wildman–Crippen MR) is 112 cm³/mol. The van der Waals surface area contributed by atoms with Crippen molar-refractivity contribution in [2.45, 2.75) is 32.7 Å². The molecule has 0 atom stereocenters. The highest BCUT2D eigenvalue weighted by molar-refractivity contribution is 6.34. The van der Waals surface area contributed by atoms with Gasteiger partial charge in [0.1, 0.15) is 0 Å². The van der Waals surface area contributed by atoms with Crippen molar-refractivity contribution in [2.75, 3.05) is 17.2 Å². The Morgan fingerprint density at radius 1 is 1.04 bits per heavy atom. The van der Waals surface area contributed by atoms with E-state index in [2.05, 4.69) is 16.0 Å². The van der Waals surface area contributed by atoms with Crippen molar-refractivity contribution >= 4 is 46.4 Å². The molecule has 7 heteroatoms. The van der Waals surface area contributed by atoms with E-state index in [0.29, 0.717) is 27.0 Å². The summed E-state index contributed by atoms with van der Waals surface area (Å²) in [4.78, 5) is 24.4. The Morgan fingerprint density at radius 2 is 1.78 bits per heavy atom. The van der Waals surface area contributed by atoms with Crippen LogP contribution in [0.4, 0.5) is 11.4 Å². The second-order valence-electron chi connectivity index (χ2n) is 6.80. The van der Waals surface area contributed by atoms with Crippen molar-refractivity contribution in [1.82, 2.24) is 5.32 Å². The number of halogens is 2. The second-order valence-corrected chi connectivity index (χ2v) is 7.64. The van der Waals surface area contributed by atoms with E-state index in [-0.39, 0.29) is 23.9 Å². The number of carbonyl (C=O) groups is 2. The Balaban J connectivity index is 1.95. The minimum Gasteiger partial charge on any atom is -0.376 e. The lowest BCUT2D eigenvalue weighted by Crippen LogP contribution is -2.42.